The molecule has 11 heteroatoms. The van der Waals surface area contributed by atoms with Crippen LogP contribution in [-0.2, 0) is 28.6 Å². The molecule has 0 aliphatic carbocycles. The summed E-state index contributed by atoms with van der Waals surface area (Å²) in [5, 5.41) is 11.3. The van der Waals surface area contributed by atoms with E-state index >= 15 is 0 Å². The second-order valence-electron chi connectivity index (χ2n) is 7.71. The van der Waals surface area contributed by atoms with E-state index in [4.69, 9.17) is 13.5 Å². The van der Waals surface area contributed by atoms with Gasteiger partial charge in [-0.1, -0.05) is 13.8 Å². The molecule has 0 radical (unpaired) electrons. The van der Waals surface area contributed by atoms with Crippen LogP contribution in [0.3, 0.4) is 0 Å². The SMILES string of the molecule is CC(C)(COS(C)(=O)=O)C[C@@H](COS(C)(=O)=O)CC(C)(C)NC(=O)O. The van der Waals surface area contributed by atoms with Crippen LogP contribution in [0.2, 0.25) is 0 Å². The number of nitrogens with one attached hydrogen (secondary N) is 1. The first-order valence-corrected chi connectivity index (χ1v) is 11.2. The second kappa shape index (κ2) is 8.65. The maximum absolute atomic E-state index is 11.3. The number of carboxylic acid groups (broad SMARTS) is 1. The largest absolute Gasteiger partial charge is 0.465 e. The molecule has 0 aliphatic heterocycles. The zero-order valence-corrected chi connectivity index (χ0v) is 17.2. The van der Waals surface area contributed by atoms with Gasteiger partial charge in [-0.05, 0) is 38.0 Å². The average Bonchev–Trinajstić information content (AvgIpc) is 2.29. The van der Waals surface area contributed by atoms with Crippen LogP contribution in [0.5, 0.6) is 0 Å². The van der Waals surface area contributed by atoms with Gasteiger partial charge in [0.25, 0.3) is 20.2 Å². The summed E-state index contributed by atoms with van der Waals surface area (Å²) in [5.74, 6) is -0.338. The Morgan fingerprint density at radius 3 is 1.88 bits per heavy atom. The van der Waals surface area contributed by atoms with Crippen molar-refractivity contribution in [3.8, 4) is 0 Å². The molecular weight excluding hydrogens is 374 g/mol. The van der Waals surface area contributed by atoms with Crippen molar-refractivity contribution in [1.29, 1.82) is 0 Å². The molecule has 0 aromatic rings. The van der Waals surface area contributed by atoms with Crippen LogP contribution >= 0.6 is 0 Å². The quantitative estimate of drug-likeness (QED) is 0.494. The molecule has 0 fully saturated rings. The highest BCUT2D eigenvalue weighted by molar-refractivity contribution is 7.86. The number of amides is 1. The van der Waals surface area contributed by atoms with E-state index in [-0.39, 0.29) is 19.1 Å². The normalized spacial score (nSPS) is 15.0. The molecule has 0 aromatic heterocycles. The van der Waals surface area contributed by atoms with Gasteiger partial charge < -0.3 is 10.4 Å². The fourth-order valence-electron chi connectivity index (χ4n) is 2.58. The molecule has 0 saturated heterocycles. The molecule has 0 heterocycles. The molecule has 0 unspecified atom stereocenters. The first kappa shape index (κ1) is 24.1. The Labute approximate surface area is 150 Å². The zero-order chi connectivity index (χ0) is 20.1. The minimum atomic E-state index is -3.65. The van der Waals surface area contributed by atoms with Crippen molar-refractivity contribution in [2.24, 2.45) is 11.3 Å². The molecule has 1 atom stereocenters. The summed E-state index contributed by atoms with van der Waals surface area (Å²) in [6.07, 6.45) is 1.38. The van der Waals surface area contributed by atoms with Gasteiger partial charge in [0.1, 0.15) is 0 Å². The van der Waals surface area contributed by atoms with Crippen LogP contribution in [0.25, 0.3) is 0 Å². The molecule has 0 aliphatic rings. The van der Waals surface area contributed by atoms with Gasteiger partial charge in [0, 0.05) is 5.54 Å². The first-order valence-electron chi connectivity index (χ1n) is 7.61. The van der Waals surface area contributed by atoms with E-state index in [1.165, 1.54) is 0 Å². The van der Waals surface area contributed by atoms with E-state index in [0.717, 1.165) is 12.5 Å². The summed E-state index contributed by atoms with van der Waals surface area (Å²) in [6.45, 7) is 6.70. The summed E-state index contributed by atoms with van der Waals surface area (Å²) in [6, 6.07) is 0. The third-order valence-electron chi connectivity index (χ3n) is 3.27. The molecule has 9 nitrogen and oxygen atoms in total. The van der Waals surface area contributed by atoms with Crippen molar-refractivity contribution in [3.63, 3.8) is 0 Å². The highest BCUT2D eigenvalue weighted by atomic mass is 32.2. The lowest BCUT2D eigenvalue weighted by molar-refractivity contribution is 0.111. The third kappa shape index (κ3) is 14.0. The minimum Gasteiger partial charge on any atom is -0.465 e. The van der Waals surface area contributed by atoms with E-state index in [2.05, 4.69) is 5.32 Å². The van der Waals surface area contributed by atoms with Gasteiger partial charge in [0.2, 0.25) is 0 Å². The van der Waals surface area contributed by atoms with Crippen LogP contribution in [0, 0.1) is 11.3 Å². The fourth-order valence-corrected chi connectivity index (χ4v) is 3.55. The van der Waals surface area contributed by atoms with Crippen molar-refractivity contribution >= 4 is 26.3 Å². The van der Waals surface area contributed by atoms with Gasteiger partial charge in [-0.2, -0.15) is 16.8 Å². The van der Waals surface area contributed by atoms with Crippen LogP contribution in [-0.4, -0.2) is 59.3 Å². The van der Waals surface area contributed by atoms with Gasteiger partial charge in [0.05, 0.1) is 25.7 Å². The maximum Gasteiger partial charge on any atom is 0.405 e. The maximum atomic E-state index is 11.3. The second-order valence-corrected chi connectivity index (χ2v) is 11.0. The summed E-state index contributed by atoms with van der Waals surface area (Å²) in [4.78, 5) is 10.9. The van der Waals surface area contributed by atoms with Gasteiger partial charge in [0.15, 0.2) is 0 Å². The fraction of sp³-hybridized carbons (Fsp3) is 0.929. The lowest BCUT2D eigenvalue weighted by atomic mass is 9.79. The minimum absolute atomic E-state index is 0.0754. The highest BCUT2D eigenvalue weighted by Gasteiger charge is 2.31. The Balaban J connectivity index is 5.13. The highest BCUT2D eigenvalue weighted by Crippen LogP contribution is 2.31. The van der Waals surface area contributed by atoms with E-state index in [1.807, 2.05) is 0 Å². The topological polar surface area (TPSA) is 136 Å². The standard InChI is InChI=1S/C14H29NO8S2/c1-13(2,10-23-25(6,20)21)7-11(9-22-24(5,18)19)8-14(3,4)15-12(16)17/h11,15H,7-10H2,1-6H3,(H,16,17)/t11-/m1/s1. The number of hydrogen-bond donors (Lipinski definition) is 2. The van der Waals surface area contributed by atoms with Gasteiger partial charge >= 0.3 is 6.09 Å². The molecule has 1 amide bonds. The summed E-state index contributed by atoms with van der Waals surface area (Å²) < 4.78 is 54.6. The molecule has 2 N–H and O–H groups in total. The lowest BCUT2D eigenvalue weighted by Crippen LogP contribution is -2.45. The predicted octanol–water partition coefficient (Wildman–Crippen LogP) is 1.41. The summed E-state index contributed by atoms with van der Waals surface area (Å²) in [5.41, 5.74) is -1.40. The van der Waals surface area contributed by atoms with E-state index in [1.54, 1.807) is 27.7 Å². The Bertz CT molecular complexity index is 652. The van der Waals surface area contributed by atoms with Crippen LogP contribution in [0.15, 0.2) is 0 Å². The summed E-state index contributed by atoms with van der Waals surface area (Å²) >= 11 is 0. The smallest absolute Gasteiger partial charge is 0.405 e. The molecule has 0 rings (SSSR count). The third-order valence-corrected chi connectivity index (χ3v) is 4.38. The predicted molar refractivity (Wildman–Crippen MR) is 93.3 cm³/mol. The van der Waals surface area contributed by atoms with Gasteiger partial charge in [-0.25, -0.2) is 4.79 Å². The average molecular weight is 404 g/mol. The van der Waals surface area contributed by atoms with E-state index < -0.39 is 37.3 Å². The van der Waals surface area contributed by atoms with Crippen LogP contribution < -0.4 is 5.32 Å². The number of rotatable bonds is 11. The van der Waals surface area contributed by atoms with Gasteiger partial charge in [-0.15, -0.1) is 0 Å². The zero-order valence-electron chi connectivity index (χ0n) is 15.5. The van der Waals surface area contributed by atoms with Crippen molar-refractivity contribution in [3.05, 3.63) is 0 Å². The Kier molecular flexibility index (Phi) is 8.34. The number of carbonyl (C=O) groups is 1. The molecule has 150 valence electrons. The molecule has 0 spiro atoms. The van der Waals surface area contributed by atoms with E-state index in [9.17, 15) is 21.6 Å². The molecular formula is C14H29NO8S2. The van der Waals surface area contributed by atoms with Crippen LogP contribution in [0.4, 0.5) is 4.79 Å². The van der Waals surface area contributed by atoms with E-state index in [0.29, 0.717) is 12.8 Å². The van der Waals surface area contributed by atoms with Crippen molar-refractivity contribution in [2.75, 3.05) is 25.7 Å². The monoisotopic (exact) mass is 403 g/mol. The summed E-state index contributed by atoms with van der Waals surface area (Å²) in [7, 11) is -7.25. The van der Waals surface area contributed by atoms with Crippen LogP contribution in [0.1, 0.15) is 40.5 Å². The Morgan fingerprint density at radius 2 is 1.48 bits per heavy atom. The van der Waals surface area contributed by atoms with Crippen molar-refractivity contribution in [1.82, 2.24) is 5.32 Å². The molecule has 0 saturated carbocycles. The molecule has 0 aromatic carbocycles. The lowest BCUT2D eigenvalue weighted by Gasteiger charge is -2.34. The Morgan fingerprint density at radius 1 is 1.00 bits per heavy atom. The number of hydrogen-bond acceptors (Lipinski definition) is 7. The first-order chi connectivity index (χ1) is 10.9. The van der Waals surface area contributed by atoms with Gasteiger partial charge in [-0.3, -0.25) is 8.37 Å². The molecule has 0 bridgehead atoms. The Hall–Kier alpha value is -0.910. The molecule has 25 heavy (non-hydrogen) atoms. The van der Waals surface area contributed by atoms with Crippen molar-refractivity contribution in [2.45, 2.75) is 46.1 Å². The van der Waals surface area contributed by atoms with Crippen molar-refractivity contribution < 1.29 is 35.1 Å².